The predicted octanol–water partition coefficient (Wildman–Crippen LogP) is 0.125. The molecule has 0 aliphatic carbocycles. The van der Waals surface area contributed by atoms with Crippen molar-refractivity contribution in [2.75, 3.05) is 11.2 Å². The zero-order chi connectivity index (χ0) is 9.68. The first-order valence-corrected chi connectivity index (χ1v) is 4.92. The van der Waals surface area contributed by atoms with E-state index in [4.69, 9.17) is 0 Å². The molecule has 0 amide bonds. The number of thiol groups is 1. The van der Waals surface area contributed by atoms with Crippen LogP contribution in [-0.2, 0) is 15.5 Å². The second-order valence-electron chi connectivity index (χ2n) is 2.35. The van der Waals surface area contributed by atoms with Gasteiger partial charge in [0.2, 0.25) is 6.29 Å². The van der Waals surface area contributed by atoms with E-state index >= 15 is 0 Å². The average molecular weight is 198 g/mol. The summed E-state index contributed by atoms with van der Waals surface area (Å²) in [7, 11) is -2.45. The van der Waals surface area contributed by atoms with Gasteiger partial charge in [-0.25, -0.2) is 8.42 Å². The van der Waals surface area contributed by atoms with Gasteiger partial charge in [0.1, 0.15) is 5.88 Å². The lowest BCUT2D eigenvalue weighted by molar-refractivity contribution is 0.563. The van der Waals surface area contributed by atoms with E-state index in [1.807, 2.05) is 0 Å². The molecule has 0 fully saturated rings. The van der Waals surface area contributed by atoms with Gasteiger partial charge in [-0.2, -0.15) is 0 Å². The number of rotatable bonds is 4. The molecule has 0 unspecified atom stereocenters. The Morgan fingerprint density at radius 3 is 2.77 bits per heavy atom. The van der Waals surface area contributed by atoms with Crippen LogP contribution in [0.25, 0.3) is 0 Å². The van der Waals surface area contributed by atoms with Crippen molar-refractivity contribution in [3.8, 4) is 0 Å². The van der Waals surface area contributed by atoms with Crippen LogP contribution in [0.15, 0.2) is 24.3 Å². The smallest absolute Gasteiger partial charge is 0.233 e. The summed E-state index contributed by atoms with van der Waals surface area (Å²) in [6.07, 6.45) is 1.71. The molecule has 0 heterocycles. The van der Waals surface area contributed by atoms with E-state index in [1.165, 1.54) is 6.07 Å². The minimum atomic E-state index is -2.45. The lowest BCUT2D eigenvalue weighted by Gasteiger charge is -2.01. The Balaban J connectivity index is 2.71. The van der Waals surface area contributed by atoms with E-state index in [0.717, 1.165) is 0 Å². The van der Waals surface area contributed by atoms with Crippen molar-refractivity contribution in [1.29, 1.82) is 0 Å². The fourth-order valence-electron chi connectivity index (χ4n) is 0.848. The fourth-order valence-corrected chi connectivity index (χ4v) is 1.16. The van der Waals surface area contributed by atoms with Crippen LogP contribution in [0.5, 0.6) is 0 Å². The Labute approximate surface area is 77.5 Å². The summed E-state index contributed by atoms with van der Waals surface area (Å²) >= 11 is 0. The molecule has 1 aromatic carbocycles. The van der Waals surface area contributed by atoms with Gasteiger partial charge in [-0.05, 0) is 12.1 Å². The van der Waals surface area contributed by atoms with Gasteiger partial charge in [-0.1, -0.05) is 12.1 Å². The summed E-state index contributed by atoms with van der Waals surface area (Å²) in [5.74, 6) is -0.127. The van der Waals surface area contributed by atoms with Crippen molar-refractivity contribution < 1.29 is 13.2 Å². The fraction of sp³-hybridized carbons (Fsp3) is 0.125. The largest absolute Gasteiger partial charge is 0.372 e. The number of carbonyl (C=O) groups excluding carboxylic acids is 1. The molecule has 0 spiro atoms. The molecule has 0 saturated heterocycles. The molecule has 1 rings (SSSR count). The van der Waals surface area contributed by atoms with Crippen molar-refractivity contribution in [3.63, 3.8) is 0 Å². The molecule has 0 aromatic heterocycles. The molecule has 1 aromatic rings. The van der Waals surface area contributed by atoms with E-state index in [1.54, 1.807) is 24.5 Å². The number of hydrogen-bond acceptors (Lipinski definition) is 4. The Bertz CT molecular complexity index is 365. The highest BCUT2D eigenvalue weighted by molar-refractivity contribution is 7.72. The molecule has 0 atom stereocenters. The van der Waals surface area contributed by atoms with Crippen LogP contribution in [0.4, 0.5) is 5.69 Å². The van der Waals surface area contributed by atoms with Crippen molar-refractivity contribution in [1.82, 2.24) is 0 Å². The van der Waals surface area contributed by atoms with Crippen molar-refractivity contribution in [2.24, 2.45) is 0 Å². The number of hydrogen-bond donors (Lipinski definition) is 2. The molecule has 1 N–H and O–H groups in total. The van der Waals surface area contributed by atoms with E-state index in [9.17, 15) is 13.2 Å². The Kier molecular flexibility index (Phi) is 3.45. The molecule has 0 bridgehead atoms. The molecule has 4 nitrogen and oxygen atoms in total. The lowest BCUT2D eigenvalue weighted by atomic mass is 10.2. The van der Waals surface area contributed by atoms with Crippen molar-refractivity contribution in [2.45, 2.75) is 0 Å². The molecule has 0 aliphatic rings. The zero-order valence-electron chi connectivity index (χ0n) is 6.69. The van der Waals surface area contributed by atoms with Crippen LogP contribution in [0.3, 0.4) is 0 Å². The van der Waals surface area contributed by atoms with Gasteiger partial charge >= 0.3 is 0 Å². The number of anilines is 1. The van der Waals surface area contributed by atoms with Crippen LogP contribution in [0.2, 0.25) is 0 Å². The van der Waals surface area contributed by atoms with Gasteiger partial charge in [-0.15, -0.1) is 0 Å². The van der Waals surface area contributed by atoms with Crippen molar-refractivity contribution in [3.05, 3.63) is 29.8 Å². The summed E-state index contributed by atoms with van der Waals surface area (Å²) in [4.78, 5) is 10.2. The number of nitrogens with one attached hydrogen (secondary N) is 1. The third-order valence-corrected chi connectivity index (χ3v) is 1.81. The first kappa shape index (κ1) is 9.73. The van der Waals surface area contributed by atoms with Gasteiger partial charge in [0.25, 0.3) is 0 Å². The summed E-state index contributed by atoms with van der Waals surface area (Å²) in [5, 5.41) is 2.64. The Hall–Kier alpha value is -1.36. The molecule has 5 heteroatoms. The van der Waals surface area contributed by atoms with Crippen LogP contribution >= 0.6 is 0 Å². The minimum Gasteiger partial charge on any atom is -0.372 e. The molecule has 69 valence electrons. The molecule has 0 aliphatic heterocycles. The second-order valence-corrected chi connectivity index (χ2v) is 3.33. The monoisotopic (exact) mass is 198 g/mol. The lowest BCUT2D eigenvalue weighted by Crippen LogP contribution is -2.02. The standard InChI is InChI=1S/C8H8NO3S/c10-5-7-2-1-3-8(4-7)9-6-13(11)12/h1-4,9,13H,6H2. The highest BCUT2D eigenvalue weighted by Crippen LogP contribution is 2.07. The normalized spacial score (nSPS) is 9.92. The highest BCUT2D eigenvalue weighted by Gasteiger charge is 1.94. The van der Waals surface area contributed by atoms with Gasteiger partial charge in [-0.3, -0.25) is 4.79 Å². The maximum atomic E-state index is 10.2. The van der Waals surface area contributed by atoms with Crippen LogP contribution < -0.4 is 5.32 Å². The first-order chi connectivity index (χ1) is 6.22. The summed E-state index contributed by atoms with van der Waals surface area (Å²) in [6.45, 7) is 0. The summed E-state index contributed by atoms with van der Waals surface area (Å²) in [5.41, 5.74) is 0.992. The highest BCUT2D eigenvalue weighted by atomic mass is 32.2. The maximum absolute atomic E-state index is 10.2. The SMILES string of the molecule is O=[C]c1cccc(NC[SH](=O)=O)c1. The molecule has 0 saturated carbocycles. The van der Waals surface area contributed by atoms with E-state index in [-0.39, 0.29) is 5.88 Å². The molecular weight excluding hydrogens is 190 g/mol. The summed E-state index contributed by atoms with van der Waals surface area (Å²) in [6, 6.07) is 6.46. The third-order valence-electron chi connectivity index (χ3n) is 1.39. The van der Waals surface area contributed by atoms with Crippen LogP contribution in [0.1, 0.15) is 5.56 Å². The average Bonchev–Trinajstić information content (AvgIpc) is 2.15. The molecule has 1 radical (unpaired) electrons. The first-order valence-electron chi connectivity index (χ1n) is 3.56. The number of benzene rings is 1. The van der Waals surface area contributed by atoms with Gasteiger partial charge in [0, 0.05) is 11.3 Å². The van der Waals surface area contributed by atoms with E-state index in [2.05, 4.69) is 5.32 Å². The molecule has 13 heavy (non-hydrogen) atoms. The second kappa shape index (κ2) is 4.61. The summed E-state index contributed by atoms with van der Waals surface area (Å²) < 4.78 is 20.4. The van der Waals surface area contributed by atoms with Crippen molar-refractivity contribution >= 4 is 22.7 Å². The predicted molar refractivity (Wildman–Crippen MR) is 50.0 cm³/mol. The van der Waals surface area contributed by atoms with Gasteiger partial charge < -0.3 is 5.32 Å². The third kappa shape index (κ3) is 3.25. The quantitative estimate of drug-likeness (QED) is 0.675. The minimum absolute atomic E-state index is 0.127. The van der Waals surface area contributed by atoms with Crippen LogP contribution in [0, 0.1) is 0 Å². The van der Waals surface area contributed by atoms with E-state index < -0.39 is 10.7 Å². The topological polar surface area (TPSA) is 63.2 Å². The van der Waals surface area contributed by atoms with Gasteiger partial charge in [0.15, 0.2) is 10.7 Å². The Morgan fingerprint density at radius 1 is 1.38 bits per heavy atom. The Morgan fingerprint density at radius 2 is 2.15 bits per heavy atom. The van der Waals surface area contributed by atoms with E-state index in [0.29, 0.717) is 11.3 Å². The zero-order valence-corrected chi connectivity index (χ0v) is 7.58. The molecular formula is C8H8NO3S. The van der Waals surface area contributed by atoms with Crippen LogP contribution in [-0.4, -0.2) is 20.6 Å². The maximum Gasteiger partial charge on any atom is 0.233 e. The van der Waals surface area contributed by atoms with Gasteiger partial charge in [0.05, 0.1) is 0 Å².